The lowest BCUT2D eigenvalue weighted by molar-refractivity contribution is -0.135. The Morgan fingerprint density at radius 2 is 1.91 bits per heavy atom. The molecule has 0 saturated carbocycles. The summed E-state index contributed by atoms with van der Waals surface area (Å²) in [5.74, 6) is 0.535. The first kappa shape index (κ1) is 17.5. The van der Waals surface area contributed by atoms with E-state index >= 15 is 0 Å². The summed E-state index contributed by atoms with van der Waals surface area (Å²) in [4.78, 5) is 26.2. The molecule has 2 amide bonds. The molecule has 4 heteroatoms. The van der Waals surface area contributed by atoms with E-state index in [0.29, 0.717) is 18.9 Å². The molecule has 1 fully saturated rings. The van der Waals surface area contributed by atoms with Crippen LogP contribution in [0.4, 0.5) is 0 Å². The SMILES string of the molecule is CC(C)CC(NC(=O)CN1CCCCCC1=O)c1ccccc1. The number of benzene rings is 1. The predicted octanol–water partition coefficient (Wildman–Crippen LogP) is 3.29. The molecule has 0 radical (unpaired) electrons. The Hall–Kier alpha value is -1.84. The highest BCUT2D eigenvalue weighted by atomic mass is 16.2. The lowest BCUT2D eigenvalue weighted by Gasteiger charge is -2.24. The van der Waals surface area contributed by atoms with Crippen molar-refractivity contribution < 1.29 is 9.59 Å². The maximum atomic E-state index is 12.4. The highest BCUT2D eigenvalue weighted by Gasteiger charge is 2.21. The van der Waals surface area contributed by atoms with Crippen molar-refractivity contribution in [3.05, 3.63) is 35.9 Å². The first-order valence-corrected chi connectivity index (χ1v) is 8.68. The minimum absolute atomic E-state index is 0.00535. The van der Waals surface area contributed by atoms with Crippen LogP contribution in [-0.2, 0) is 9.59 Å². The van der Waals surface area contributed by atoms with Gasteiger partial charge in [-0.25, -0.2) is 0 Å². The molecule has 0 spiro atoms. The van der Waals surface area contributed by atoms with Crippen LogP contribution in [0.2, 0.25) is 0 Å². The van der Waals surface area contributed by atoms with Crippen molar-refractivity contribution in [1.29, 1.82) is 0 Å². The first-order valence-electron chi connectivity index (χ1n) is 8.68. The van der Waals surface area contributed by atoms with Gasteiger partial charge in [0.1, 0.15) is 0 Å². The third-order valence-corrected chi connectivity index (χ3v) is 4.25. The Morgan fingerprint density at radius 1 is 1.17 bits per heavy atom. The van der Waals surface area contributed by atoms with Crippen molar-refractivity contribution in [3.8, 4) is 0 Å². The molecule has 1 aliphatic heterocycles. The molecular weight excluding hydrogens is 288 g/mol. The molecule has 1 unspecified atom stereocenters. The minimum Gasteiger partial charge on any atom is -0.348 e. The zero-order valence-corrected chi connectivity index (χ0v) is 14.3. The molecule has 1 aromatic rings. The number of amides is 2. The smallest absolute Gasteiger partial charge is 0.240 e. The predicted molar refractivity (Wildman–Crippen MR) is 91.8 cm³/mol. The van der Waals surface area contributed by atoms with Gasteiger partial charge in [-0.1, -0.05) is 50.6 Å². The van der Waals surface area contributed by atoms with Crippen molar-refractivity contribution in [2.24, 2.45) is 5.92 Å². The molecule has 23 heavy (non-hydrogen) atoms. The molecule has 1 aromatic carbocycles. The number of carbonyl (C=O) groups excluding carboxylic acids is 2. The Bertz CT molecular complexity index is 513. The topological polar surface area (TPSA) is 49.4 Å². The summed E-state index contributed by atoms with van der Waals surface area (Å²) in [6.45, 7) is 5.19. The van der Waals surface area contributed by atoms with Crippen LogP contribution in [-0.4, -0.2) is 29.8 Å². The summed E-state index contributed by atoms with van der Waals surface area (Å²) >= 11 is 0. The number of likely N-dealkylation sites (tertiary alicyclic amines) is 1. The fourth-order valence-electron chi connectivity index (χ4n) is 3.05. The second-order valence-corrected chi connectivity index (χ2v) is 6.79. The fraction of sp³-hybridized carbons (Fsp3) is 0.579. The van der Waals surface area contributed by atoms with Gasteiger partial charge in [-0.3, -0.25) is 9.59 Å². The molecule has 126 valence electrons. The highest BCUT2D eigenvalue weighted by molar-refractivity contribution is 5.85. The van der Waals surface area contributed by atoms with Gasteiger partial charge in [0.05, 0.1) is 12.6 Å². The third-order valence-electron chi connectivity index (χ3n) is 4.25. The van der Waals surface area contributed by atoms with Crippen molar-refractivity contribution in [2.75, 3.05) is 13.1 Å². The first-order chi connectivity index (χ1) is 11.1. The zero-order valence-electron chi connectivity index (χ0n) is 14.3. The number of nitrogens with one attached hydrogen (secondary N) is 1. The van der Waals surface area contributed by atoms with Crippen molar-refractivity contribution in [3.63, 3.8) is 0 Å². The second kappa shape index (κ2) is 8.70. The summed E-state index contributed by atoms with van der Waals surface area (Å²) in [5.41, 5.74) is 1.12. The summed E-state index contributed by atoms with van der Waals surface area (Å²) in [6.07, 6.45) is 4.47. The van der Waals surface area contributed by atoms with Gasteiger partial charge in [0.15, 0.2) is 0 Å². The lowest BCUT2D eigenvalue weighted by Crippen LogP contribution is -2.41. The van der Waals surface area contributed by atoms with Crippen LogP contribution in [0.1, 0.15) is 57.6 Å². The van der Waals surface area contributed by atoms with Gasteiger partial charge in [0.25, 0.3) is 0 Å². The molecule has 1 saturated heterocycles. The zero-order chi connectivity index (χ0) is 16.7. The summed E-state index contributed by atoms with van der Waals surface area (Å²) < 4.78 is 0. The maximum Gasteiger partial charge on any atom is 0.240 e. The van der Waals surface area contributed by atoms with Gasteiger partial charge in [-0.05, 0) is 30.7 Å². The number of rotatable bonds is 6. The van der Waals surface area contributed by atoms with Crippen LogP contribution in [0.5, 0.6) is 0 Å². The van der Waals surface area contributed by atoms with E-state index in [-0.39, 0.29) is 24.4 Å². The van der Waals surface area contributed by atoms with E-state index in [1.807, 2.05) is 30.3 Å². The van der Waals surface area contributed by atoms with Crippen LogP contribution >= 0.6 is 0 Å². The van der Waals surface area contributed by atoms with Gasteiger partial charge in [-0.15, -0.1) is 0 Å². The standard InChI is InChI=1S/C19H28N2O2/c1-15(2)13-17(16-9-5-3-6-10-16)20-18(22)14-21-12-8-4-7-11-19(21)23/h3,5-6,9-10,15,17H,4,7-8,11-14H2,1-2H3,(H,20,22). The van der Waals surface area contributed by atoms with Crippen molar-refractivity contribution in [1.82, 2.24) is 10.2 Å². The molecule has 0 aromatic heterocycles. The Morgan fingerprint density at radius 3 is 2.61 bits per heavy atom. The van der Waals surface area contributed by atoms with Crippen LogP contribution < -0.4 is 5.32 Å². The van der Waals surface area contributed by atoms with E-state index in [1.54, 1.807) is 4.90 Å². The van der Waals surface area contributed by atoms with E-state index < -0.39 is 0 Å². The van der Waals surface area contributed by atoms with Gasteiger partial charge < -0.3 is 10.2 Å². The quantitative estimate of drug-likeness (QED) is 0.875. The monoisotopic (exact) mass is 316 g/mol. The molecule has 1 heterocycles. The molecule has 0 aliphatic carbocycles. The molecule has 1 atom stereocenters. The van der Waals surface area contributed by atoms with Gasteiger partial charge in [0.2, 0.25) is 11.8 Å². The molecule has 1 N–H and O–H groups in total. The van der Waals surface area contributed by atoms with E-state index in [1.165, 1.54) is 0 Å². The molecular formula is C19H28N2O2. The number of hydrogen-bond donors (Lipinski definition) is 1. The highest BCUT2D eigenvalue weighted by Crippen LogP contribution is 2.21. The van der Waals surface area contributed by atoms with Crippen LogP contribution in [0, 0.1) is 5.92 Å². The summed E-state index contributed by atoms with van der Waals surface area (Å²) in [7, 11) is 0. The van der Waals surface area contributed by atoms with Crippen molar-refractivity contribution >= 4 is 11.8 Å². The van der Waals surface area contributed by atoms with E-state index in [2.05, 4.69) is 19.2 Å². The lowest BCUT2D eigenvalue weighted by atomic mass is 9.97. The fourth-order valence-corrected chi connectivity index (χ4v) is 3.05. The van der Waals surface area contributed by atoms with E-state index in [9.17, 15) is 9.59 Å². The normalized spacial score (nSPS) is 17.0. The average Bonchev–Trinajstić information content (AvgIpc) is 2.72. The number of nitrogens with zero attached hydrogens (tertiary/aromatic N) is 1. The molecule has 1 aliphatic rings. The summed E-state index contributed by atoms with van der Waals surface area (Å²) in [5, 5.41) is 3.12. The second-order valence-electron chi connectivity index (χ2n) is 6.79. The Kier molecular flexibility index (Phi) is 6.63. The molecule has 4 nitrogen and oxygen atoms in total. The molecule has 2 rings (SSSR count). The Balaban J connectivity index is 1.98. The van der Waals surface area contributed by atoms with E-state index in [0.717, 1.165) is 31.2 Å². The van der Waals surface area contributed by atoms with Crippen LogP contribution in [0.25, 0.3) is 0 Å². The average molecular weight is 316 g/mol. The molecule has 0 bridgehead atoms. The van der Waals surface area contributed by atoms with Gasteiger partial charge in [-0.2, -0.15) is 0 Å². The van der Waals surface area contributed by atoms with Gasteiger partial charge in [0, 0.05) is 13.0 Å². The van der Waals surface area contributed by atoms with Gasteiger partial charge >= 0.3 is 0 Å². The third kappa shape index (κ3) is 5.70. The minimum atomic E-state index is -0.0604. The van der Waals surface area contributed by atoms with Crippen molar-refractivity contribution in [2.45, 2.75) is 52.0 Å². The largest absolute Gasteiger partial charge is 0.348 e. The number of hydrogen-bond acceptors (Lipinski definition) is 2. The Labute approximate surface area is 139 Å². The van der Waals surface area contributed by atoms with Crippen LogP contribution in [0.3, 0.4) is 0 Å². The van der Waals surface area contributed by atoms with E-state index in [4.69, 9.17) is 0 Å². The number of carbonyl (C=O) groups is 2. The maximum absolute atomic E-state index is 12.4. The van der Waals surface area contributed by atoms with Crippen LogP contribution in [0.15, 0.2) is 30.3 Å². The summed E-state index contributed by atoms with van der Waals surface area (Å²) in [6, 6.07) is 10.1.